The molecule has 8 heteroatoms. The lowest BCUT2D eigenvalue weighted by molar-refractivity contribution is 0.195. The zero-order valence-electron chi connectivity index (χ0n) is 23.5. The van der Waals surface area contributed by atoms with Crippen LogP contribution in [0.4, 0.5) is 4.39 Å². The maximum absolute atomic E-state index is 16.9. The van der Waals surface area contributed by atoms with Gasteiger partial charge in [0.25, 0.3) is 0 Å². The highest BCUT2D eigenvalue weighted by Crippen LogP contribution is 2.41. The number of benzene rings is 3. The van der Waals surface area contributed by atoms with Crippen molar-refractivity contribution in [2.24, 2.45) is 0 Å². The average Bonchev–Trinajstić information content (AvgIpc) is 3.63. The third-order valence-corrected chi connectivity index (χ3v) is 8.97. The van der Waals surface area contributed by atoms with Crippen LogP contribution in [-0.2, 0) is 0 Å². The number of rotatable bonds is 5. The van der Waals surface area contributed by atoms with Gasteiger partial charge >= 0.3 is 0 Å². The Morgan fingerprint density at radius 2 is 1.93 bits per heavy atom. The molecule has 0 spiro atoms. The Kier molecular flexibility index (Phi) is 6.57. The number of fused-ring (bicyclic) bond motifs is 4. The second kappa shape index (κ2) is 10.4. The van der Waals surface area contributed by atoms with Crippen LogP contribution in [0.1, 0.15) is 42.9 Å². The minimum atomic E-state index is -0.400. The lowest BCUT2D eigenvalue weighted by Gasteiger charge is -2.24. The molecule has 4 heterocycles. The predicted octanol–water partition coefficient (Wildman–Crippen LogP) is 6.12. The van der Waals surface area contributed by atoms with E-state index in [0.717, 1.165) is 77.9 Å². The van der Waals surface area contributed by atoms with E-state index in [2.05, 4.69) is 28.0 Å². The summed E-state index contributed by atoms with van der Waals surface area (Å²) in [5, 5.41) is 21.3. The molecule has 3 aromatic carbocycles. The monoisotopic (exact) mass is 548 g/mol. The number of halogens is 1. The largest absolute Gasteiger partial charge is 0.475 e. The van der Waals surface area contributed by atoms with E-state index in [0.29, 0.717) is 35.2 Å². The number of aromatic nitrogens is 3. The van der Waals surface area contributed by atoms with Crippen molar-refractivity contribution >= 4 is 32.6 Å². The summed E-state index contributed by atoms with van der Waals surface area (Å²) < 4.78 is 25.4. The van der Waals surface area contributed by atoms with Gasteiger partial charge < -0.3 is 15.0 Å². The molecule has 0 bridgehead atoms. The Morgan fingerprint density at radius 3 is 2.68 bits per heavy atom. The molecule has 2 fully saturated rings. The van der Waals surface area contributed by atoms with Crippen LogP contribution in [0.3, 0.4) is 0 Å². The number of pyridine rings is 1. The number of nitrogens with one attached hydrogen (secondary N) is 1. The van der Waals surface area contributed by atoms with Gasteiger partial charge in [-0.2, -0.15) is 10.4 Å². The van der Waals surface area contributed by atoms with Crippen molar-refractivity contribution in [2.45, 2.75) is 44.7 Å². The molecule has 0 radical (unpaired) electrons. The molecule has 5 aromatic rings. The lowest BCUT2D eigenvalue weighted by Crippen LogP contribution is -2.30. The molecule has 41 heavy (non-hydrogen) atoms. The van der Waals surface area contributed by atoms with E-state index >= 15 is 4.39 Å². The number of likely N-dealkylation sites (N-methyl/N-ethyl adjacent to an activating group) is 1. The fraction of sp³-hybridized carbons (Fsp3) is 0.364. The fourth-order valence-corrected chi connectivity index (χ4v) is 6.78. The Morgan fingerprint density at radius 1 is 1.12 bits per heavy atom. The summed E-state index contributed by atoms with van der Waals surface area (Å²) in [6.07, 6.45) is 5.96. The summed E-state index contributed by atoms with van der Waals surface area (Å²) in [6, 6.07) is 16.2. The van der Waals surface area contributed by atoms with Gasteiger partial charge in [0.15, 0.2) is 5.82 Å². The summed E-state index contributed by atoms with van der Waals surface area (Å²) in [4.78, 5) is 7.16. The van der Waals surface area contributed by atoms with Gasteiger partial charge in [0, 0.05) is 22.4 Å². The lowest BCUT2D eigenvalue weighted by atomic mass is 9.91. The summed E-state index contributed by atoms with van der Waals surface area (Å²) in [5.74, 6) is 0.0281. The topological polar surface area (TPSA) is 79.0 Å². The van der Waals surface area contributed by atoms with Crippen molar-refractivity contribution in [3.05, 3.63) is 65.6 Å². The molecule has 0 saturated carbocycles. The van der Waals surface area contributed by atoms with Crippen LogP contribution in [-0.4, -0.2) is 59.0 Å². The molecule has 1 N–H and O–H groups in total. The van der Waals surface area contributed by atoms with Crippen LogP contribution < -0.4 is 10.1 Å². The normalized spacial score (nSPS) is 18.4. The van der Waals surface area contributed by atoms with E-state index in [1.165, 1.54) is 0 Å². The van der Waals surface area contributed by atoms with Crippen molar-refractivity contribution in [3.8, 4) is 23.1 Å². The molecule has 2 aliphatic rings. The predicted molar refractivity (Wildman–Crippen MR) is 160 cm³/mol. The third-order valence-electron chi connectivity index (χ3n) is 8.97. The van der Waals surface area contributed by atoms with Crippen molar-refractivity contribution < 1.29 is 9.13 Å². The zero-order chi connectivity index (χ0) is 28.1. The van der Waals surface area contributed by atoms with Crippen LogP contribution in [0, 0.1) is 24.1 Å². The Bertz CT molecular complexity index is 1830. The zero-order valence-corrected chi connectivity index (χ0v) is 23.5. The highest BCUT2D eigenvalue weighted by Gasteiger charge is 2.27. The Hall–Kier alpha value is -4.06. The molecule has 208 valence electrons. The number of hydrogen-bond acceptors (Lipinski definition) is 6. The SMILES string of the molecule is Cc1cc2c(nc(OCC3CCCN3C)c3cnn(C4CCNCC4)c32)c(F)c1-c1cccc2cccc(C#N)c12. The summed E-state index contributed by atoms with van der Waals surface area (Å²) in [5.41, 5.74) is 3.62. The molecule has 0 aliphatic carbocycles. The van der Waals surface area contributed by atoms with Gasteiger partial charge in [-0.3, -0.25) is 4.68 Å². The Labute approximate surface area is 238 Å². The first kappa shape index (κ1) is 25.9. The molecule has 2 saturated heterocycles. The number of aryl methyl sites for hydroxylation is 1. The van der Waals surface area contributed by atoms with E-state index in [1.807, 2.05) is 49.5 Å². The van der Waals surface area contributed by atoms with Crippen molar-refractivity contribution in [1.29, 1.82) is 5.26 Å². The summed E-state index contributed by atoms with van der Waals surface area (Å²) >= 11 is 0. The number of ether oxygens (including phenoxy) is 1. The van der Waals surface area contributed by atoms with E-state index in [1.54, 1.807) is 6.07 Å². The van der Waals surface area contributed by atoms with E-state index in [9.17, 15) is 5.26 Å². The Balaban J connectivity index is 1.47. The quantitative estimate of drug-likeness (QED) is 0.285. The van der Waals surface area contributed by atoms with Gasteiger partial charge in [-0.1, -0.05) is 30.3 Å². The molecule has 2 aliphatic heterocycles. The number of nitriles is 1. The van der Waals surface area contributed by atoms with Gasteiger partial charge in [-0.25, -0.2) is 9.37 Å². The van der Waals surface area contributed by atoms with Crippen LogP contribution in [0.15, 0.2) is 48.7 Å². The summed E-state index contributed by atoms with van der Waals surface area (Å²) in [7, 11) is 2.12. The molecular formula is C33H33FN6O. The van der Waals surface area contributed by atoms with E-state index in [4.69, 9.17) is 14.8 Å². The maximum atomic E-state index is 16.9. The number of nitrogens with zero attached hydrogens (tertiary/aromatic N) is 5. The van der Waals surface area contributed by atoms with Gasteiger partial charge in [0.1, 0.15) is 12.1 Å². The van der Waals surface area contributed by atoms with Crippen molar-refractivity contribution in [2.75, 3.05) is 33.3 Å². The van der Waals surface area contributed by atoms with Crippen LogP contribution in [0.25, 0.3) is 43.7 Å². The first-order valence-corrected chi connectivity index (χ1v) is 14.5. The van der Waals surface area contributed by atoms with E-state index in [-0.39, 0.29) is 11.6 Å². The number of hydrogen-bond donors (Lipinski definition) is 1. The van der Waals surface area contributed by atoms with Gasteiger partial charge in [0.05, 0.1) is 34.8 Å². The molecule has 1 unspecified atom stereocenters. The van der Waals surface area contributed by atoms with Crippen LogP contribution in [0.2, 0.25) is 0 Å². The maximum Gasteiger partial charge on any atom is 0.225 e. The van der Waals surface area contributed by atoms with Crippen LogP contribution >= 0.6 is 0 Å². The first-order valence-electron chi connectivity index (χ1n) is 14.5. The smallest absolute Gasteiger partial charge is 0.225 e. The van der Waals surface area contributed by atoms with E-state index < -0.39 is 5.82 Å². The minimum absolute atomic E-state index is 0.215. The van der Waals surface area contributed by atoms with Crippen LogP contribution in [0.5, 0.6) is 5.88 Å². The standard InChI is InChI=1S/C33H33FN6O/c1-20-16-26-31(30(34)28(20)25-10-4-7-21-6-3-8-22(17-35)29(21)25)38-33(41-19-24-9-5-15-39(24)2)27-18-37-40(32(26)27)23-11-13-36-14-12-23/h3-4,6-8,10,16,18,23-24,36H,5,9,11-15,19H2,1-2H3. The summed E-state index contributed by atoms with van der Waals surface area (Å²) in [6.45, 7) is 5.33. The molecule has 1 atom stereocenters. The second-order valence-corrected chi connectivity index (χ2v) is 11.4. The van der Waals surface area contributed by atoms with Gasteiger partial charge in [0.2, 0.25) is 5.88 Å². The molecule has 7 rings (SSSR count). The van der Waals surface area contributed by atoms with Gasteiger partial charge in [-0.05, 0) is 87.9 Å². The highest BCUT2D eigenvalue weighted by atomic mass is 19.1. The average molecular weight is 549 g/mol. The third kappa shape index (κ3) is 4.32. The highest BCUT2D eigenvalue weighted by molar-refractivity contribution is 6.09. The van der Waals surface area contributed by atoms with Crippen molar-refractivity contribution in [3.63, 3.8) is 0 Å². The minimum Gasteiger partial charge on any atom is -0.475 e. The first-order chi connectivity index (χ1) is 20.0. The molecular weight excluding hydrogens is 515 g/mol. The van der Waals surface area contributed by atoms with Crippen molar-refractivity contribution in [1.82, 2.24) is 25.0 Å². The fourth-order valence-electron chi connectivity index (χ4n) is 6.78. The molecule has 0 amide bonds. The van der Waals surface area contributed by atoms with Gasteiger partial charge in [-0.15, -0.1) is 0 Å². The number of piperidine rings is 1. The molecule has 7 nitrogen and oxygen atoms in total. The second-order valence-electron chi connectivity index (χ2n) is 11.4. The molecule has 2 aromatic heterocycles. The number of likely N-dealkylation sites (tertiary alicyclic amines) is 1.